The number of ether oxygens (including phenoxy) is 1. The fraction of sp³-hybridized carbons (Fsp3) is 0.429. The van der Waals surface area contributed by atoms with Crippen LogP contribution in [0.3, 0.4) is 0 Å². The van der Waals surface area contributed by atoms with Crippen LogP contribution in [-0.2, 0) is 4.79 Å². The van der Waals surface area contributed by atoms with Crippen LogP contribution in [-0.4, -0.2) is 49.1 Å². The first-order valence-electron chi connectivity index (χ1n) is 6.58. The van der Waals surface area contributed by atoms with E-state index in [9.17, 15) is 22.8 Å². The molecule has 1 aromatic carbocycles. The summed E-state index contributed by atoms with van der Waals surface area (Å²) in [6.45, 7) is -1.43. The van der Waals surface area contributed by atoms with E-state index in [0.717, 1.165) is 0 Å². The molecule has 1 atom stereocenters. The Morgan fingerprint density at radius 2 is 2.00 bits per heavy atom. The van der Waals surface area contributed by atoms with Gasteiger partial charge in [-0.25, -0.2) is 0 Å². The number of methoxy groups -OCH3 is 1. The van der Waals surface area contributed by atoms with E-state index >= 15 is 0 Å². The number of rotatable bonds is 4. The maximum Gasteiger partial charge on any atom is 0.406 e. The second-order valence-corrected chi connectivity index (χ2v) is 4.99. The van der Waals surface area contributed by atoms with Crippen molar-refractivity contribution in [2.75, 3.05) is 20.2 Å². The van der Waals surface area contributed by atoms with Gasteiger partial charge in [0.05, 0.1) is 13.2 Å². The lowest BCUT2D eigenvalue weighted by atomic mass is 10.2. The molecule has 8 heteroatoms. The van der Waals surface area contributed by atoms with Gasteiger partial charge in [0.2, 0.25) is 5.91 Å². The van der Waals surface area contributed by atoms with Crippen LogP contribution in [0.2, 0.25) is 0 Å². The molecule has 0 spiro atoms. The minimum absolute atomic E-state index is 0.127. The van der Waals surface area contributed by atoms with Gasteiger partial charge >= 0.3 is 6.18 Å². The van der Waals surface area contributed by atoms with Gasteiger partial charge in [0, 0.05) is 18.5 Å². The molecule has 1 N–H and O–H groups in total. The van der Waals surface area contributed by atoms with Crippen LogP contribution < -0.4 is 10.1 Å². The molecule has 0 unspecified atom stereocenters. The van der Waals surface area contributed by atoms with E-state index in [-0.39, 0.29) is 13.0 Å². The lowest BCUT2D eigenvalue weighted by Crippen LogP contribution is -2.39. The third-order valence-corrected chi connectivity index (χ3v) is 3.27. The van der Waals surface area contributed by atoms with E-state index in [4.69, 9.17) is 4.74 Å². The number of likely N-dealkylation sites (tertiary alicyclic amines) is 1. The van der Waals surface area contributed by atoms with Crippen molar-refractivity contribution in [3.8, 4) is 5.75 Å². The third kappa shape index (κ3) is 4.12. The van der Waals surface area contributed by atoms with Crippen molar-refractivity contribution in [3.05, 3.63) is 29.8 Å². The zero-order valence-electron chi connectivity index (χ0n) is 11.8. The summed E-state index contributed by atoms with van der Waals surface area (Å²) in [7, 11) is 1.49. The minimum atomic E-state index is -4.44. The molecule has 1 aliphatic rings. The standard InChI is InChI=1S/C14H15F3N2O3/c1-22-11-4-2-9(3-5-11)13(21)18-10-6-12(20)19(7-10)8-14(15,16)17/h2-5,10H,6-8H2,1H3,(H,18,21)/t10-/m0/s1. The number of nitrogens with zero attached hydrogens (tertiary/aromatic N) is 1. The second-order valence-electron chi connectivity index (χ2n) is 4.99. The summed E-state index contributed by atoms with van der Waals surface area (Å²) in [6, 6.07) is 5.66. The first-order valence-corrected chi connectivity index (χ1v) is 6.58. The number of amides is 2. The molecule has 5 nitrogen and oxygen atoms in total. The van der Waals surface area contributed by atoms with Gasteiger partial charge in [-0.05, 0) is 24.3 Å². The van der Waals surface area contributed by atoms with Crippen molar-refractivity contribution in [3.63, 3.8) is 0 Å². The van der Waals surface area contributed by atoms with Crippen molar-refractivity contribution in [1.82, 2.24) is 10.2 Å². The van der Waals surface area contributed by atoms with Crippen LogP contribution >= 0.6 is 0 Å². The number of alkyl halides is 3. The summed E-state index contributed by atoms with van der Waals surface area (Å²) < 4.78 is 41.9. The minimum Gasteiger partial charge on any atom is -0.497 e. The third-order valence-electron chi connectivity index (χ3n) is 3.27. The van der Waals surface area contributed by atoms with Gasteiger partial charge in [-0.2, -0.15) is 13.2 Å². The molecular formula is C14H15F3N2O3. The monoisotopic (exact) mass is 316 g/mol. The van der Waals surface area contributed by atoms with E-state index in [1.54, 1.807) is 24.3 Å². The molecule has 2 amide bonds. The van der Waals surface area contributed by atoms with E-state index in [0.29, 0.717) is 16.2 Å². The fourth-order valence-electron chi connectivity index (χ4n) is 2.25. The zero-order valence-corrected chi connectivity index (χ0v) is 11.8. The highest BCUT2D eigenvalue weighted by atomic mass is 19.4. The number of carbonyl (C=O) groups is 2. The molecule has 120 valence electrons. The number of nitrogens with one attached hydrogen (secondary N) is 1. The van der Waals surface area contributed by atoms with Crippen LogP contribution in [0, 0.1) is 0 Å². The molecule has 1 fully saturated rings. The molecule has 1 aliphatic heterocycles. The maximum atomic E-state index is 12.3. The summed E-state index contributed by atoms with van der Waals surface area (Å²) in [4.78, 5) is 24.2. The number of benzene rings is 1. The van der Waals surface area contributed by atoms with E-state index < -0.39 is 30.6 Å². The summed E-state index contributed by atoms with van der Waals surface area (Å²) in [5.74, 6) is -0.462. The summed E-state index contributed by atoms with van der Waals surface area (Å²) in [5.41, 5.74) is 0.350. The summed E-state index contributed by atoms with van der Waals surface area (Å²) in [5, 5.41) is 2.57. The Morgan fingerprint density at radius 3 is 2.55 bits per heavy atom. The first kappa shape index (κ1) is 16.1. The Bertz CT molecular complexity index is 557. The molecule has 0 aromatic heterocycles. The molecular weight excluding hydrogens is 301 g/mol. The number of hydrogen-bond acceptors (Lipinski definition) is 3. The average Bonchev–Trinajstić information content (AvgIpc) is 2.76. The molecule has 1 heterocycles. The van der Waals surface area contributed by atoms with Crippen LogP contribution in [0.1, 0.15) is 16.8 Å². The Morgan fingerprint density at radius 1 is 1.36 bits per heavy atom. The van der Waals surface area contributed by atoms with Gasteiger partial charge in [0.25, 0.3) is 5.91 Å². The predicted octanol–water partition coefficient (Wildman–Crippen LogP) is 1.59. The van der Waals surface area contributed by atoms with Gasteiger partial charge < -0.3 is 15.0 Å². The molecule has 0 saturated carbocycles. The average molecular weight is 316 g/mol. The molecule has 1 aromatic rings. The molecule has 0 radical (unpaired) electrons. The normalized spacial score (nSPS) is 18.5. The molecule has 0 bridgehead atoms. The Balaban J connectivity index is 1.93. The highest BCUT2D eigenvalue weighted by molar-refractivity contribution is 5.95. The van der Waals surface area contributed by atoms with Gasteiger partial charge in [-0.3, -0.25) is 9.59 Å². The Kier molecular flexibility index (Phi) is 4.58. The summed E-state index contributed by atoms with van der Waals surface area (Å²) in [6.07, 6.45) is -4.57. The number of carbonyl (C=O) groups excluding carboxylic acids is 2. The smallest absolute Gasteiger partial charge is 0.406 e. The maximum absolute atomic E-state index is 12.3. The van der Waals surface area contributed by atoms with Gasteiger partial charge in [-0.15, -0.1) is 0 Å². The highest BCUT2D eigenvalue weighted by Gasteiger charge is 2.38. The fourth-order valence-corrected chi connectivity index (χ4v) is 2.25. The van der Waals surface area contributed by atoms with Crippen molar-refractivity contribution in [2.24, 2.45) is 0 Å². The van der Waals surface area contributed by atoms with Crippen molar-refractivity contribution >= 4 is 11.8 Å². The topological polar surface area (TPSA) is 58.6 Å². The SMILES string of the molecule is COc1ccc(C(=O)N[C@H]2CC(=O)N(CC(F)(F)F)C2)cc1. The van der Waals surface area contributed by atoms with Crippen LogP contribution in [0.4, 0.5) is 13.2 Å². The van der Waals surface area contributed by atoms with Crippen LogP contribution in [0.15, 0.2) is 24.3 Å². The predicted molar refractivity (Wildman–Crippen MR) is 71.5 cm³/mol. The summed E-state index contributed by atoms with van der Waals surface area (Å²) >= 11 is 0. The van der Waals surface area contributed by atoms with Gasteiger partial charge in [0.15, 0.2) is 0 Å². The van der Waals surface area contributed by atoms with Crippen molar-refractivity contribution in [2.45, 2.75) is 18.6 Å². The van der Waals surface area contributed by atoms with E-state index in [2.05, 4.69) is 5.32 Å². The van der Waals surface area contributed by atoms with Gasteiger partial charge in [0.1, 0.15) is 12.3 Å². The number of halogens is 3. The van der Waals surface area contributed by atoms with Gasteiger partial charge in [-0.1, -0.05) is 0 Å². The van der Waals surface area contributed by atoms with E-state index in [1.807, 2.05) is 0 Å². The quantitative estimate of drug-likeness (QED) is 0.918. The lowest BCUT2D eigenvalue weighted by Gasteiger charge is -2.18. The Hall–Kier alpha value is -2.25. The largest absolute Gasteiger partial charge is 0.497 e. The van der Waals surface area contributed by atoms with Crippen LogP contribution in [0.25, 0.3) is 0 Å². The molecule has 0 aliphatic carbocycles. The second kappa shape index (κ2) is 6.25. The molecule has 1 saturated heterocycles. The number of hydrogen-bond donors (Lipinski definition) is 1. The van der Waals surface area contributed by atoms with Crippen LogP contribution in [0.5, 0.6) is 5.75 Å². The molecule has 2 rings (SSSR count). The highest BCUT2D eigenvalue weighted by Crippen LogP contribution is 2.21. The Labute approximate surface area is 125 Å². The van der Waals surface area contributed by atoms with Crippen molar-refractivity contribution < 1.29 is 27.5 Å². The molecule has 22 heavy (non-hydrogen) atoms. The van der Waals surface area contributed by atoms with E-state index in [1.165, 1.54) is 7.11 Å². The first-order chi connectivity index (χ1) is 10.3. The van der Waals surface area contributed by atoms with Crippen molar-refractivity contribution in [1.29, 1.82) is 0 Å². The lowest BCUT2D eigenvalue weighted by molar-refractivity contribution is -0.157. The zero-order chi connectivity index (χ0) is 16.3.